The Morgan fingerprint density at radius 2 is 1.62 bits per heavy atom. The summed E-state index contributed by atoms with van der Waals surface area (Å²) < 4.78 is 46.6. The molecular formula is C28H32F3NO2. The van der Waals surface area contributed by atoms with Gasteiger partial charge in [0.15, 0.2) is 0 Å². The van der Waals surface area contributed by atoms with Crippen LogP contribution in [0.4, 0.5) is 13.2 Å². The van der Waals surface area contributed by atoms with Crippen molar-refractivity contribution in [2.75, 3.05) is 0 Å². The van der Waals surface area contributed by atoms with Gasteiger partial charge in [0, 0.05) is 22.2 Å². The van der Waals surface area contributed by atoms with Gasteiger partial charge in [0.2, 0.25) is 0 Å². The molecule has 2 fully saturated rings. The molecule has 0 bridgehead atoms. The maximum Gasteiger partial charge on any atom is 0.416 e. The molecule has 0 radical (unpaired) electrons. The van der Waals surface area contributed by atoms with Gasteiger partial charge in [-0.3, -0.25) is 4.98 Å². The molecule has 6 rings (SSSR count). The number of alkyl halides is 3. The highest BCUT2D eigenvalue weighted by Crippen LogP contribution is 2.62. The summed E-state index contributed by atoms with van der Waals surface area (Å²) in [6, 6.07) is 5.42. The largest absolute Gasteiger partial charge is 0.416 e. The molecule has 2 unspecified atom stereocenters. The van der Waals surface area contributed by atoms with Crippen LogP contribution in [0.2, 0.25) is 0 Å². The van der Waals surface area contributed by atoms with Gasteiger partial charge >= 0.3 is 6.18 Å². The summed E-state index contributed by atoms with van der Waals surface area (Å²) in [4.78, 5) is 5.23. The van der Waals surface area contributed by atoms with Crippen LogP contribution < -0.4 is 0 Å². The first-order valence-electron chi connectivity index (χ1n) is 12.5. The second-order valence-corrected chi connectivity index (χ2v) is 12.1. The van der Waals surface area contributed by atoms with E-state index in [0.29, 0.717) is 6.42 Å². The van der Waals surface area contributed by atoms with E-state index in [9.17, 15) is 18.3 Å². The maximum absolute atomic E-state index is 13.2. The van der Waals surface area contributed by atoms with Crippen LogP contribution in [-0.2, 0) is 28.4 Å². The molecule has 0 amide bonds. The fraction of sp³-hybridized carbons (Fsp3) is 0.607. The summed E-state index contributed by atoms with van der Waals surface area (Å²) in [7, 11) is 0. The SMILES string of the molecule is CC1(C)Cc2nc(C3(C)CC3)c3c(c2C(O)C1)C1(CCCC1)OC3c1ccc(C(F)(F)F)cc1. The molecule has 3 nitrogen and oxygen atoms in total. The summed E-state index contributed by atoms with van der Waals surface area (Å²) in [5.74, 6) is 0. The summed E-state index contributed by atoms with van der Waals surface area (Å²) in [6.07, 6.45) is 1.99. The number of aliphatic hydroxyl groups is 1. The second kappa shape index (κ2) is 7.07. The molecule has 34 heavy (non-hydrogen) atoms. The van der Waals surface area contributed by atoms with E-state index in [1.807, 2.05) is 0 Å². The number of halogens is 3. The fourth-order valence-corrected chi connectivity index (χ4v) is 6.68. The van der Waals surface area contributed by atoms with Crippen molar-refractivity contribution in [3.05, 3.63) is 63.5 Å². The number of hydrogen-bond acceptors (Lipinski definition) is 3. The van der Waals surface area contributed by atoms with Crippen molar-refractivity contribution in [1.82, 2.24) is 4.98 Å². The van der Waals surface area contributed by atoms with Crippen molar-refractivity contribution in [2.24, 2.45) is 5.41 Å². The third kappa shape index (κ3) is 3.35. The first-order chi connectivity index (χ1) is 15.9. The lowest BCUT2D eigenvalue weighted by Crippen LogP contribution is -2.32. The van der Waals surface area contributed by atoms with Gasteiger partial charge in [0.25, 0.3) is 0 Å². The lowest BCUT2D eigenvalue weighted by Gasteiger charge is -2.38. The van der Waals surface area contributed by atoms with E-state index in [2.05, 4.69) is 20.8 Å². The molecule has 2 aromatic rings. The minimum absolute atomic E-state index is 0.0372. The molecule has 6 heteroatoms. The lowest BCUT2D eigenvalue weighted by molar-refractivity contribution is -0.137. The molecule has 0 saturated heterocycles. The molecule has 1 aromatic heterocycles. The number of hydrogen-bond donors (Lipinski definition) is 1. The van der Waals surface area contributed by atoms with Gasteiger partial charge in [0.05, 0.1) is 23.0 Å². The average molecular weight is 472 g/mol. The van der Waals surface area contributed by atoms with Crippen LogP contribution in [0.15, 0.2) is 24.3 Å². The minimum atomic E-state index is -4.37. The number of ether oxygens (including phenoxy) is 1. The zero-order valence-corrected chi connectivity index (χ0v) is 20.1. The van der Waals surface area contributed by atoms with Crippen LogP contribution in [0.1, 0.15) is 117 Å². The summed E-state index contributed by atoms with van der Waals surface area (Å²) >= 11 is 0. The number of aliphatic hydroxyl groups excluding tert-OH is 1. The quantitative estimate of drug-likeness (QED) is 0.510. The first-order valence-corrected chi connectivity index (χ1v) is 12.5. The zero-order chi connectivity index (χ0) is 24.1. The van der Waals surface area contributed by atoms with E-state index in [4.69, 9.17) is 9.72 Å². The Morgan fingerprint density at radius 1 is 0.971 bits per heavy atom. The molecule has 2 heterocycles. The monoisotopic (exact) mass is 471 g/mol. The third-order valence-electron chi connectivity index (χ3n) is 8.66. The smallest absolute Gasteiger partial charge is 0.388 e. The van der Waals surface area contributed by atoms with Crippen molar-refractivity contribution in [3.63, 3.8) is 0 Å². The first kappa shape index (κ1) is 22.5. The number of benzene rings is 1. The Balaban J connectivity index is 1.58. The Labute approximate surface area is 198 Å². The topological polar surface area (TPSA) is 42.4 Å². The predicted molar refractivity (Wildman–Crippen MR) is 122 cm³/mol. The van der Waals surface area contributed by atoms with Crippen LogP contribution >= 0.6 is 0 Å². The summed E-state index contributed by atoms with van der Waals surface area (Å²) in [5.41, 5.74) is 4.64. The fourth-order valence-electron chi connectivity index (χ4n) is 6.68. The van der Waals surface area contributed by atoms with Gasteiger partial charge in [-0.15, -0.1) is 0 Å². The molecule has 1 spiro atoms. The number of rotatable bonds is 2. The highest BCUT2D eigenvalue weighted by Gasteiger charge is 2.55. The molecule has 2 atom stereocenters. The molecule has 182 valence electrons. The van der Waals surface area contributed by atoms with Crippen molar-refractivity contribution in [3.8, 4) is 0 Å². The maximum atomic E-state index is 13.2. The van der Waals surface area contributed by atoms with Crippen molar-refractivity contribution < 1.29 is 23.0 Å². The van der Waals surface area contributed by atoms with Gasteiger partial charge in [-0.05, 0) is 67.2 Å². The predicted octanol–water partition coefficient (Wildman–Crippen LogP) is 7.05. The van der Waals surface area contributed by atoms with Gasteiger partial charge < -0.3 is 9.84 Å². The number of nitrogens with zero attached hydrogens (tertiary/aromatic N) is 1. The molecule has 1 aliphatic heterocycles. The third-order valence-corrected chi connectivity index (χ3v) is 8.66. The zero-order valence-electron chi connectivity index (χ0n) is 20.1. The molecular weight excluding hydrogens is 439 g/mol. The normalized spacial score (nSPS) is 28.1. The molecule has 3 aliphatic carbocycles. The molecule has 1 aromatic carbocycles. The Morgan fingerprint density at radius 3 is 2.21 bits per heavy atom. The molecule has 2 saturated carbocycles. The number of pyridine rings is 1. The van der Waals surface area contributed by atoms with Gasteiger partial charge in [0.1, 0.15) is 6.10 Å². The summed E-state index contributed by atoms with van der Waals surface area (Å²) in [5, 5.41) is 11.4. The van der Waals surface area contributed by atoms with E-state index < -0.39 is 29.5 Å². The van der Waals surface area contributed by atoms with Crippen molar-refractivity contribution in [1.29, 1.82) is 0 Å². The van der Waals surface area contributed by atoms with Crippen LogP contribution in [0.5, 0.6) is 0 Å². The van der Waals surface area contributed by atoms with Crippen LogP contribution in [0, 0.1) is 5.41 Å². The summed E-state index contributed by atoms with van der Waals surface area (Å²) in [6.45, 7) is 6.59. The van der Waals surface area contributed by atoms with E-state index in [1.165, 1.54) is 0 Å². The number of fused-ring (bicyclic) bond motifs is 4. The van der Waals surface area contributed by atoms with Crippen molar-refractivity contribution >= 4 is 0 Å². The standard InChI is InChI=1S/C28H32F3NO2/c1-25(2)14-18-20(19(33)15-25)22-21(24(32-18)26(3)12-13-26)23(34-27(22)10-4-5-11-27)16-6-8-17(9-7-16)28(29,30)31/h6-9,19,23,33H,4-5,10-15H2,1-3H3. The molecule has 4 aliphatic rings. The van der Waals surface area contributed by atoms with E-state index in [1.54, 1.807) is 12.1 Å². The van der Waals surface area contributed by atoms with Gasteiger partial charge in [-0.2, -0.15) is 13.2 Å². The van der Waals surface area contributed by atoms with Crippen LogP contribution in [0.25, 0.3) is 0 Å². The lowest BCUT2D eigenvalue weighted by atomic mass is 9.70. The Bertz CT molecular complexity index is 1140. The van der Waals surface area contributed by atoms with Gasteiger partial charge in [-0.25, -0.2) is 0 Å². The van der Waals surface area contributed by atoms with Gasteiger partial charge in [-0.1, -0.05) is 45.7 Å². The van der Waals surface area contributed by atoms with Crippen LogP contribution in [-0.4, -0.2) is 10.1 Å². The highest BCUT2D eigenvalue weighted by atomic mass is 19.4. The highest BCUT2D eigenvalue weighted by molar-refractivity contribution is 5.56. The Kier molecular flexibility index (Phi) is 4.68. The Hall–Kier alpha value is -1.92. The average Bonchev–Trinajstić information content (AvgIpc) is 3.19. The molecule has 1 N–H and O–H groups in total. The van der Waals surface area contributed by atoms with E-state index in [0.717, 1.165) is 90.7 Å². The van der Waals surface area contributed by atoms with E-state index in [-0.39, 0.29) is 10.8 Å². The minimum Gasteiger partial charge on any atom is -0.388 e. The van der Waals surface area contributed by atoms with Crippen molar-refractivity contribution in [2.45, 2.75) is 102 Å². The number of aromatic nitrogens is 1. The van der Waals surface area contributed by atoms with E-state index >= 15 is 0 Å². The van der Waals surface area contributed by atoms with Crippen LogP contribution in [0.3, 0.4) is 0 Å². The second-order valence-electron chi connectivity index (χ2n) is 12.1.